The van der Waals surface area contributed by atoms with Gasteiger partial charge in [-0.2, -0.15) is 0 Å². The molecule has 0 saturated carbocycles. The van der Waals surface area contributed by atoms with E-state index < -0.39 is 67.8 Å². The van der Waals surface area contributed by atoms with E-state index in [2.05, 4.69) is 0 Å². The van der Waals surface area contributed by atoms with Crippen molar-refractivity contribution >= 4 is 0 Å². The molecule has 5 rings (SSSR count). The molecule has 116 valence electrons. The second-order valence-electron chi connectivity index (χ2n) is 6.04. The highest BCUT2D eigenvalue weighted by Crippen LogP contribution is 2.62. The lowest BCUT2D eigenvalue weighted by Gasteiger charge is -2.56. The average Bonchev–Trinajstić information content (AvgIpc) is 3.02. The molecule has 1 aromatic carbocycles. The Hall–Kier alpha value is -1.52. The molecule has 0 amide bonds. The number of methoxy groups -OCH3 is 1. The fraction of sp³-hybridized carbons (Fsp3) is 0.556. The van der Waals surface area contributed by atoms with E-state index >= 15 is 0 Å². The van der Waals surface area contributed by atoms with Crippen LogP contribution < -0.4 is 9.47 Å². The van der Waals surface area contributed by atoms with Gasteiger partial charge < -0.3 is 19.5 Å². The van der Waals surface area contributed by atoms with Crippen LogP contribution in [-0.4, -0.2) is 50.2 Å². The second-order valence-corrected chi connectivity index (χ2v) is 6.04. The molecule has 1 N–H and O–H groups in total. The third-order valence-electron chi connectivity index (χ3n) is 5.18. The number of aliphatic hydroxyl groups excluding tert-OH is 1. The summed E-state index contributed by atoms with van der Waals surface area (Å²) in [4.78, 5) is 0.936. The van der Waals surface area contributed by atoms with Gasteiger partial charge in [-0.25, -0.2) is 0 Å². The highest BCUT2D eigenvalue weighted by atomic mass is 16.5. The Bertz CT molecular complexity index is 1100. The zero-order valence-electron chi connectivity index (χ0n) is 23.5. The van der Waals surface area contributed by atoms with E-state index in [-0.39, 0.29) is 29.8 Å². The molecule has 0 radical (unpaired) electrons. The van der Waals surface area contributed by atoms with Gasteiger partial charge in [0, 0.05) is 31.1 Å². The summed E-state index contributed by atoms with van der Waals surface area (Å²) in [6.45, 7) is -2.90. The average molecular weight is 311 g/mol. The van der Waals surface area contributed by atoms with Crippen molar-refractivity contribution in [2.75, 3.05) is 20.6 Å². The molecule has 5 atom stereocenters. The predicted molar refractivity (Wildman–Crippen MR) is 82.5 cm³/mol. The number of ether oxygens (including phenoxy) is 2. The Morgan fingerprint density at radius 1 is 1.64 bits per heavy atom. The molecule has 2 unspecified atom stereocenters. The maximum absolute atomic E-state index is 9.51. The van der Waals surface area contributed by atoms with Gasteiger partial charge in [-0.1, -0.05) is 18.2 Å². The van der Waals surface area contributed by atoms with E-state index in [0.29, 0.717) is 0 Å². The van der Waals surface area contributed by atoms with E-state index in [9.17, 15) is 1.37 Å². The van der Waals surface area contributed by atoms with Gasteiger partial charge in [0.25, 0.3) is 0 Å². The van der Waals surface area contributed by atoms with Gasteiger partial charge in [0.05, 0.1) is 13.9 Å². The van der Waals surface area contributed by atoms with Crippen LogP contribution >= 0.6 is 0 Å². The lowest BCUT2D eigenvalue weighted by atomic mass is 9.53. The molecular weight excluding hydrogens is 278 g/mol. The molecular formula is C18H21NO3. The van der Waals surface area contributed by atoms with Gasteiger partial charge in [-0.15, -0.1) is 0 Å². The molecule has 4 heteroatoms. The Morgan fingerprint density at radius 2 is 2.64 bits per heavy atom. The van der Waals surface area contributed by atoms with Crippen molar-refractivity contribution in [3.05, 3.63) is 35.4 Å². The number of benzene rings is 1. The van der Waals surface area contributed by atoms with Crippen molar-refractivity contribution in [2.45, 2.75) is 36.5 Å². The number of hydrogen-bond donors (Lipinski definition) is 1. The maximum atomic E-state index is 9.51. The summed E-state index contributed by atoms with van der Waals surface area (Å²) in [7, 11) is -3.01. The topological polar surface area (TPSA) is 41.9 Å². The summed E-state index contributed by atoms with van der Waals surface area (Å²) in [5, 5.41) is 4.82. The van der Waals surface area contributed by atoms with Crippen molar-refractivity contribution < 1.29 is 29.7 Å². The molecule has 1 fully saturated rings. The largest absolute Gasteiger partial charge is 0.493 e. The first kappa shape index (κ1) is 5.84. The normalized spacial score (nSPS) is 55.7. The van der Waals surface area contributed by atoms with Crippen molar-refractivity contribution in [1.29, 1.82) is 1.43 Å². The van der Waals surface area contributed by atoms with Crippen LogP contribution in [0.1, 0.15) is 32.6 Å². The molecule has 2 heterocycles. The zero-order chi connectivity index (χ0) is 25.2. The lowest BCUT2D eigenvalue weighted by molar-refractivity contribution is -0.0453. The van der Waals surface area contributed by atoms with Gasteiger partial charge in [0.2, 0.25) is 1.43 Å². The summed E-state index contributed by atoms with van der Waals surface area (Å²) in [6.07, 6.45) is -2.13. The number of nitrogens with zero attached hydrogens (tertiary/aromatic N) is 1. The van der Waals surface area contributed by atoms with Crippen LogP contribution in [0.3, 0.4) is 0 Å². The van der Waals surface area contributed by atoms with Crippen LogP contribution in [0, 0.1) is 5.89 Å². The molecule has 4 nitrogen and oxygen atoms in total. The first-order valence-corrected chi connectivity index (χ1v) is 7.14. The zero-order valence-corrected chi connectivity index (χ0v) is 11.5. The van der Waals surface area contributed by atoms with Crippen LogP contribution in [0.25, 0.3) is 0 Å². The third kappa shape index (κ3) is 1.28. The van der Waals surface area contributed by atoms with Crippen molar-refractivity contribution in [3.63, 3.8) is 0 Å². The summed E-state index contributed by atoms with van der Waals surface area (Å²) >= 11 is 0. The van der Waals surface area contributed by atoms with Crippen LogP contribution in [0.2, 0.25) is 0 Å². The molecule has 2 bridgehead atoms. The second kappa shape index (κ2) is 4.06. The molecule has 1 saturated heterocycles. The molecule has 1 aromatic rings. The fourth-order valence-corrected chi connectivity index (χ4v) is 4.29. The highest BCUT2D eigenvalue weighted by Gasteiger charge is 2.64. The van der Waals surface area contributed by atoms with Crippen LogP contribution in [0.4, 0.5) is 0 Å². The van der Waals surface area contributed by atoms with E-state index in [1.807, 2.05) is 0 Å². The number of hydrogen-bond acceptors (Lipinski definition) is 4. The Morgan fingerprint density at radius 3 is 3.50 bits per heavy atom. The first-order valence-electron chi connectivity index (χ1n) is 13.0. The van der Waals surface area contributed by atoms with Crippen molar-refractivity contribution in [3.8, 4) is 11.5 Å². The van der Waals surface area contributed by atoms with E-state index in [0.717, 1.165) is 4.90 Å². The van der Waals surface area contributed by atoms with Gasteiger partial charge in [0.15, 0.2) is 11.5 Å². The highest BCUT2D eigenvalue weighted by molar-refractivity contribution is 5.62. The predicted octanol–water partition coefficient (Wildman–Crippen LogP) is 1.50. The Balaban J connectivity index is 1.91. The summed E-state index contributed by atoms with van der Waals surface area (Å²) in [5.74, 6) is -2.79. The van der Waals surface area contributed by atoms with Crippen molar-refractivity contribution in [2.24, 2.45) is 5.89 Å². The van der Waals surface area contributed by atoms with E-state index in [4.69, 9.17) is 29.7 Å². The standard InChI is InChI=1S/C18H21NO3/c1-19-8-7-18-11-4-5-13(20)17(18)22-16-14(21-2)6-3-10(15(16)18)9-12(11)19/h3-6,11-13,17,20H,7-9H2,1-2H3/t11-,12+,13?,17?,18-/m0/s1/i1D3,2D3,3D,6D,9D2,11D,20D. The van der Waals surface area contributed by atoms with Crippen LogP contribution in [-0.2, 0) is 11.8 Å². The number of likely N-dealkylation sites (tertiary alicyclic amines) is 1. The Kier molecular flexibility index (Phi) is 1.08. The van der Waals surface area contributed by atoms with Gasteiger partial charge in [-0.05, 0) is 37.9 Å². The van der Waals surface area contributed by atoms with Crippen LogP contribution in [0.5, 0.6) is 11.5 Å². The Labute approximate surface area is 147 Å². The molecule has 4 aliphatic rings. The van der Waals surface area contributed by atoms with E-state index in [1.165, 1.54) is 12.2 Å². The number of rotatable bonds is 2. The minimum Gasteiger partial charge on any atom is -0.493 e. The SMILES string of the molecule is [2H]OC1C=C[C@@]2([2H])[C@@H]3N(C([2H])([2H])[2H])CC[C@@]24c2c(c(OC([2H])([2H])[2H])c([2H])c([2H])c2C3([2H])[2H])OC14. The summed E-state index contributed by atoms with van der Waals surface area (Å²) < 4.78 is 110. The minimum absolute atomic E-state index is 0.0191. The van der Waals surface area contributed by atoms with Crippen molar-refractivity contribution in [1.82, 2.24) is 4.90 Å². The lowest BCUT2D eigenvalue weighted by Crippen LogP contribution is -2.64. The fourth-order valence-electron chi connectivity index (χ4n) is 4.29. The molecule has 2 aliphatic heterocycles. The quantitative estimate of drug-likeness (QED) is 0.841. The maximum Gasteiger partial charge on any atom is 0.211 e. The van der Waals surface area contributed by atoms with Gasteiger partial charge in [0.1, 0.15) is 12.2 Å². The summed E-state index contributed by atoms with van der Waals surface area (Å²) in [6, 6.07) is -2.98. The van der Waals surface area contributed by atoms with E-state index in [1.54, 1.807) is 0 Å². The third-order valence-corrected chi connectivity index (χ3v) is 5.18. The number of piperidine rings is 1. The molecule has 0 aromatic heterocycles. The first-order chi connectivity index (χ1) is 15.5. The summed E-state index contributed by atoms with van der Waals surface area (Å²) in [5.41, 5.74) is -1.77. The monoisotopic (exact) mass is 311 g/mol. The number of likely N-dealkylation sites (N-methyl/N-ethyl adjacent to an activating group) is 1. The smallest absolute Gasteiger partial charge is 0.211 e. The molecule has 22 heavy (non-hydrogen) atoms. The van der Waals surface area contributed by atoms with Gasteiger partial charge >= 0.3 is 0 Å². The van der Waals surface area contributed by atoms with Gasteiger partial charge in [-0.3, -0.25) is 0 Å². The molecule has 2 aliphatic carbocycles. The molecule has 1 spiro atoms. The minimum atomic E-state index is -3.01. The number of aliphatic hydroxyl groups is 1. The van der Waals surface area contributed by atoms with Crippen LogP contribution in [0.15, 0.2) is 24.2 Å².